The van der Waals surface area contributed by atoms with Gasteiger partial charge in [-0.25, -0.2) is 0 Å². The van der Waals surface area contributed by atoms with Crippen molar-refractivity contribution in [3.63, 3.8) is 0 Å². The van der Waals surface area contributed by atoms with Gasteiger partial charge in [0.05, 0.1) is 0 Å². The summed E-state index contributed by atoms with van der Waals surface area (Å²) < 4.78 is 0. The van der Waals surface area contributed by atoms with Crippen LogP contribution in [0.1, 0.15) is 96.3 Å². The van der Waals surface area contributed by atoms with E-state index in [1.807, 2.05) is 0 Å². The zero-order chi connectivity index (χ0) is 12.2. The largest absolute Gasteiger partial charge is 0.0533 e. The lowest BCUT2D eigenvalue weighted by Crippen LogP contribution is -1.83. The van der Waals surface area contributed by atoms with Crippen LogP contribution in [0.4, 0.5) is 0 Å². The predicted molar refractivity (Wildman–Crippen MR) is 78.1 cm³/mol. The van der Waals surface area contributed by atoms with E-state index >= 15 is 0 Å². The third-order valence-electron chi connectivity index (χ3n) is 4.06. The Balaban J connectivity index is 1.61. The topological polar surface area (TPSA) is 0 Å². The fraction of sp³-hybridized carbons (Fsp3) is 0.941. The average Bonchev–Trinajstić information content (AvgIpc) is 3.15. The van der Waals surface area contributed by atoms with Crippen molar-refractivity contribution in [1.29, 1.82) is 0 Å². The third kappa shape index (κ3) is 10.9. The maximum Gasteiger partial charge on any atom is -0.0414 e. The minimum absolute atomic E-state index is 1.13. The molecule has 0 N–H and O–H groups in total. The predicted octanol–water partition coefficient (Wildman–Crippen LogP) is 6.30. The monoisotopic (exact) mass is 237 g/mol. The first-order valence-corrected chi connectivity index (χ1v) is 8.22. The quantitative estimate of drug-likeness (QED) is 0.330. The summed E-state index contributed by atoms with van der Waals surface area (Å²) in [6, 6.07) is 0. The second-order valence-corrected chi connectivity index (χ2v) is 5.97. The zero-order valence-electron chi connectivity index (χ0n) is 11.9. The Hall–Kier alpha value is 0. The molecule has 0 aromatic rings. The molecule has 0 aliphatic heterocycles. The van der Waals surface area contributed by atoms with Gasteiger partial charge >= 0.3 is 0 Å². The number of hydrogen-bond acceptors (Lipinski definition) is 0. The summed E-state index contributed by atoms with van der Waals surface area (Å²) in [6.45, 7) is 3.88. The molecule has 0 aromatic heterocycles. The molecule has 0 heterocycles. The number of hydrogen-bond donors (Lipinski definition) is 0. The first-order valence-electron chi connectivity index (χ1n) is 8.22. The molecule has 1 radical (unpaired) electrons. The smallest absolute Gasteiger partial charge is 0.0414 e. The standard InChI is InChI=1S/C17H33/c1-2-3-4-5-6-7-8-9-10-11-12-13-14-17-15-16-17/h17H,1-16H2. The fourth-order valence-corrected chi connectivity index (χ4v) is 2.61. The molecule has 1 aliphatic rings. The minimum atomic E-state index is 1.13. The second-order valence-electron chi connectivity index (χ2n) is 5.97. The lowest BCUT2D eigenvalue weighted by atomic mass is 10.0. The maximum atomic E-state index is 3.88. The van der Waals surface area contributed by atoms with Gasteiger partial charge in [-0.2, -0.15) is 0 Å². The van der Waals surface area contributed by atoms with Gasteiger partial charge in [0.15, 0.2) is 0 Å². The van der Waals surface area contributed by atoms with E-state index in [0.717, 1.165) is 12.3 Å². The van der Waals surface area contributed by atoms with Crippen molar-refractivity contribution in [2.45, 2.75) is 96.3 Å². The zero-order valence-corrected chi connectivity index (χ0v) is 11.9. The Bertz CT molecular complexity index is 146. The molecule has 1 aliphatic carbocycles. The molecule has 0 spiro atoms. The Morgan fingerprint density at radius 3 is 1.41 bits per heavy atom. The van der Waals surface area contributed by atoms with Crippen LogP contribution in [0.15, 0.2) is 0 Å². The van der Waals surface area contributed by atoms with Gasteiger partial charge in [-0.3, -0.25) is 0 Å². The molecule has 101 valence electrons. The lowest BCUT2D eigenvalue weighted by molar-refractivity contribution is 0.534. The number of rotatable bonds is 13. The van der Waals surface area contributed by atoms with Crippen LogP contribution in [-0.4, -0.2) is 0 Å². The molecule has 17 heavy (non-hydrogen) atoms. The van der Waals surface area contributed by atoms with E-state index in [1.54, 1.807) is 0 Å². The van der Waals surface area contributed by atoms with Crippen molar-refractivity contribution in [2.24, 2.45) is 5.92 Å². The van der Waals surface area contributed by atoms with Crippen LogP contribution in [0.2, 0.25) is 0 Å². The van der Waals surface area contributed by atoms with E-state index in [2.05, 4.69) is 6.92 Å². The normalized spacial score (nSPS) is 15.4. The molecule has 0 saturated heterocycles. The molecule has 0 amide bonds. The van der Waals surface area contributed by atoms with Crippen molar-refractivity contribution in [3.05, 3.63) is 6.92 Å². The van der Waals surface area contributed by atoms with Crippen LogP contribution in [0.25, 0.3) is 0 Å². The molecule has 0 nitrogen and oxygen atoms in total. The molecule has 0 unspecified atom stereocenters. The lowest BCUT2D eigenvalue weighted by Gasteiger charge is -2.02. The summed E-state index contributed by atoms with van der Waals surface area (Å²) in [7, 11) is 0. The Kier molecular flexibility index (Phi) is 9.84. The van der Waals surface area contributed by atoms with Crippen LogP contribution in [0.5, 0.6) is 0 Å². The van der Waals surface area contributed by atoms with E-state index in [-0.39, 0.29) is 0 Å². The van der Waals surface area contributed by atoms with Gasteiger partial charge in [-0.15, -0.1) is 0 Å². The summed E-state index contributed by atoms with van der Waals surface area (Å²) in [6.07, 6.45) is 21.8. The Morgan fingerprint density at radius 2 is 1.00 bits per heavy atom. The fourth-order valence-electron chi connectivity index (χ4n) is 2.61. The highest BCUT2D eigenvalue weighted by Gasteiger charge is 2.19. The Morgan fingerprint density at radius 1 is 0.588 bits per heavy atom. The minimum Gasteiger partial charge on any atom is -0.0533 e. The summed E-state index contributed by atoms with van der Waals surface area (Å²) in [5.74, 6) is 1.15. The highest BCUT2D eigenvalue weighted by atomic mass is 14.3. The van der Waals surface area contributed by atoms with E-state index in [0.29, 0.717) is 0 Å². The SMILES string of the molecule is [CH2]CCCCCCCCCCCCCC1CC1. The molecule has 0 heteroatoms. The van der Waals surface area contributed by atoms with Crippen molar-refractivity contribution >= 4 is 0 Å². The number of unbranched alkanes of at least 4 members (excludes halogenated alkanes) is 11. The Labute approximate surface area is 110 Å². The molecule has 0 atom stereocenters. The van der Waals surface area contributed by atoms with E-state index < -0.39 is 0 Å². The van der Waals surface area contributed by atoms with Crippen molar-refractivity contribution < 1.29 is 0 Å². The van der Waals surface area contributed by atoms with Gasteiger partial charge in [0, 0.05) is 0 Å². The van der Waals surface area contributed by atoms with Gasteiger partial charge < -0.3 is 0 Å². The highest BCUT2D eigenvalue weighted by Crippen LogP contribution is 2.34. The second kappa shape index (κ2) is 11.1. The average molecular weight is 237 g/mol. The van der Waals surface area contributed by atoms with Crippen LogP contribution < -0.4 is 0 Å². The van der Waals surface area contributed by atoms with Gasteiger partial charge in [-0.1, -0.05) is 103 Å². The molecule has 1 rings (SSSR count). The van der Waals surface area contributed by atoms with E-state index in [1.165, 1.54) is 89.9 Å². The maximum absolute atomic E-state index is 3.88. The van der Waals surface area contributed by atoms with Crippen molar-refractivity contribution in [2.75, 3.05) is 0 Å². The summed E-state index contributed by atoms with van der Waals surface area (Å²) in [5.41, 5.74) is 0. The van der Waals surface area contributed by atoms with Crippen LogP contribution in [0.3, 0.4) is 0 Å². The molecular weight excluding hydrogens is 204 g/mol. The first kappa shape index (κ1) is 15.1. The van der Waals surface area contributed by atoms with Crippen LogP contribution in [-0.2, 0) is 0 Å². The summed E-state index contributed by atoms with van der Waals surface area (Å²) in [4.78, 5) is 0. The summed E-state index contributed by atoms with van der Waals surface area (Å²) in [5, 5.41) is 0. The summed E-state index contributed by atoms with van der Waals surface area (Å²) >= 11 is 0. The van der Waals surface area contributed by atoms with Crippen LogP contribution in [0, 0.1) is 12.8 Å². The van der Waals surface area contributed by atoms with E-state index in [9.17, 15) is 0 Å². The molecule has 0 aromatic carbocycles. The van der Waals surface area contributed by atoms with E-state index in [4.69, 9.17) is 0 Å². The molecule has 1 fully saturated rings. The first-order chi connectivity index (χ1) is 8.43. The highest BCUT2D eigenvalue weighted by molar-refractivity contribution is 4.72. The van der Waals surface area contributed by atoms with Gasteiger partial charge in [-0.05, 0) is 5.92 Å². The third-order valence-corrected chi connectivity index (χ3v) is 4.06. The van der Waals surface area contributed by atoms with Gasteiger partial charge in [0.2, 0.25) is 0 Å². The molecular formula is C17H33. The molecule has 0 bridgehead atoms. The van der Waals surface area contributed by atoms with Gasteiger partial charge in [0.25, 0.3) is 0 Å². The van der Waals surface area contributed by atoms with Crippen molar-refractivity contribution in [3.8, 4) is 0 Å². The van der Waals surface area contributed by atoms with Crippen LogP contribution >= 0.6 is 0 Å². The molecule has 1 saturated carbocycles. The van der Waals surface area contributed by atoms with Gasteiger partial charge in [0.1, 0.15) is 0 Å². The van der Waals surface area contributed by atoms with Crippen molar-refractivity contribution in [1.82, 2.24) is 0 Å².